The predicted octanol–water partition coefficient (Wildman–Crippen LogP) is 2.84. The van der Waals surface area contributed by atoms with E-state index in [0.717, 1.165) is 5.56 Å². The highest BCUT2D eigenvalue weighted by molar-refractivity contribution is 5.59. The summed E-state index contributed by atoms with van der Waals surface area (Å²) in [6.07, 6.45) is 3.39. The molecule has 0 spiro atoms. The predicted molar refractivity (Wildman–Crippen MR) is 118 cm³/mol. The van der Waals surface area contributed by atoms with E-state index in [1.807, 2.05) is 19.1 Å². The maximum Gasteiger partial charge on any atom is 0.259 e. The lowest BCUT2D eigenvalue weighted by molar-refractivity contribution is 0.380. The van der Waals surface area contributed by atoms with Crippen molar-refractivity contribution >= 4 is 0 Å². The maximum atomic E-state index is 13.8. The summed E-state index contributed by atoms with van der Waals surface area (Å²) in [5.41, 5.74) is 8.44. The Labute approximate surface area is 185 Å². The Kier molecular flexibility index (Phi) is 5.56. The summed E-state index contributed by atoms with van der Waals surface area (Å²) in [5.74, 6) is 0.567. The van der Waals surface area contributed by atoms with Gasteiger partial charge in [0.05, 0.1) is 32.2 Å². The molecule has 1 atom stereocenters. The Morgan fingerprint density at radius 3 is 2.72 bits per heavy atom. The van der Waals surface area contributed by atoms with Crippen molar-refractivity contribution < 1.29 is 14.2 Å². The summed E-state index contributed by atoms with van der Waals surface area (Å²) in [5, 5.41) is 9.90. The third-order valence-electron chi connectivity index (χ3n) is 5.50. The first kappa shape index (κ1) is 21.0. The van der Waals surface area contributed by atoms with Gasteiger partial charge in [-0.15, -0.1) is 0 Å². The number of aryl methyl sites for hydroxylation is 1. The second-order valence-electron chi connectivity index (χ2n) is 7.35. The van der Waals surface area contributed by atoms with Crippen LogP contribution in [0, 0.1) is 18.3 Å². The number of aromatic nitrogens is 2. The van der Waals surface area contributed by atoms with E-state index in [-0.39, 0.29) is 17.0 Å². The smallest absolute Gasteiger partial charge is 0.259 e. The average Bonchev–Trinajstić information content (AvgIpc) is 2.81. The third kappa shape index (κ3) is 3.54. The zero-order valence-electron chi connectivity index (χ0n) is 18.0. The molecule has 2 aromatic heterocycles. The number of hydrogen-bond acceptors (Lipinski definition) is 7. The molecule has 0 saturated heterocycles. The molecule has 2 N–H and O–H groups in total. The fraction of sp³-hybridized carbons (Fsp3) is 0.208. The monoisotopic (exact) mass is 430 g/mol. The number of rotatable bonds is 5. The highest BCUT2D eigenvalue weighted by atomic mass is 16.5. The minimum atomic E-state index is -0.776. The van der Waals surface area contributed by atoms with Crippen molar-refractivity contribution in [2.75, 3.05) is 14.2 Å². The van der Waals surface area contributed by atoms with E-state index < -0.39 is 5.92 Å². The van der Waals surface area contributed by atoms with E-state index in [1.165, 1.54) is 7.11 Å². The average molecular weight is 430 g/mol. The Hall–Kier alpha value is -4.25. The zero-order chi connectivity index (χ0) is 22.8. The van der Waals surface area contributed by atoms with Gasteiger partial charge in [-0.25, -0.2) is 0 Å². The molecule has 0 saturated carbocycles. The summed E-state index contributed by atoms with van der Waals surface area (Å²) in [6.45, 7) is 2.15. The maximum absolute atomic E-state index is 13.8. The van der Waals surface area contributed by atoms with Gasteiger partial charge in [0.15, 0.2) is 0 Å². The highest BCUT2D eigenvalue weighted by Crippen LogP contribution is 2.44. The van der Waals surface area contributed by atoms with Gasteiger partial charge in [0.25, 0.3) is 5.56 Å². The summed E-state index contributed by atoms with van der Waals surface area (Å²) in [6, 6.07) is 12.8. The number of nitrogens with two attached hydrogens (primary N) is 1. The molecule has 1 aliphatic rings. The number of nitrogens with zero attached hydrogens (tertiary/aromatic N) is 3. The molecule has 0 amide bonds. The van der Waals surface area contributed by atoms with Gasteiger partial charge in [-0.1, -0.05) is 6.07 Å². The van der Waals surface area contributed by atoms with Gasteiger partial charge in [-0.2, -0.15) is 5.26 Å². The highest BCUT2D eigenvalue weighted by Gasteiger charge is 2.36. The molecule has 0 radical (unpaired) electrons. The van der Waals surface area contributed by atoms with Crippen LogP contribution in [0.3, 0.4) is 0 Å². The summed E-state index contributed by atoms with van der Waals surface area (Å²) < 4.78 is 18.3. The number of allylic oxidation sites excluding steroid dienone is 1. The Balaban J connectivity index is 1.98. The normalized spacial score (nSPS) is 14.9. The van der Waals surface area contributed by atoms with Crippen LogP contribution in [0.4, 0.5) is 0 Å². The van der Waals surface area contributed by atoms with Crippen LogP contribution in [0.1, 0.15) is 28.3 Å². The Bertz CT molecular complexity index is 1310. The zero-order valence-corrected chi connectivity index (χ0v) is 18.0. The molecule has 162 valence electrons. The molecule has 4 rings (SSSR count). The lowest BCUT2D eigenvalue weighted by atomic mass is 9.83. The summed E-state index contributed by atoms with van der Waals surface area (Å²) >= 11 is 0. The van der Waals surface area contributed by atoms with Crippen molar-refractivity contribution in [3.63, 3.8) is 0 Å². The first-order valence-electron chi connectivity index (χ1n) is 9.91. The number of pyridine rings is 2. The van der Waals surface area contributed by atoms with Crippen molar-refractivity contribution in [1.82, 2.24) is 9.55 Å². The van der Waals surface area contributed by atoms with Gasteiger partial charge in [-0.3, -0.25) is 9.78 Å². The van der Waals surface area contributed by atoms with E-state index >= 15 is 0 Å². The molecule has 8 nitrogen and oxygen atoms in total. The fourth-order valence-electron chi connectivity index (χ4n) is 3.93. The Morgan fingerprint density at radius 1 is 1.25 bits per heavy atom. The minimum absolute atomic E-state index is 0.0429. The number of nitriles is 1. The summed E-state index contributed by atoms with van der Waals surface area (Å²) in [4.78, 5) is 17.9. The molecule has 1 aromatic carbocycles. The van der Waals surface area contributed by atoms with Crippen LogP contribution >= 0.6 is 0 Å². The van der Waals surface area contributed by atoms with Crippen molar-refractivity contribution in [2.24, 2.45) is 5.73 Å². The standard InChI is InChI=1S/C24H22N4O4/c1-14-9-20-22(24(29)28(14)13-15-5-4-8-27-12-15)21(18(11-25)23(26)32-20)17-10-16(30-2)6-7-19(17)31-3/h4-10,12,21H,13,26H2,1-3H3/t21-/m0/s1. The van der Waals surface area contributed by atoms with Crippen molar-refractivity contribution in [1.29, 1.82) is 5.26 Å². The first-order valence-corrected chi connectivity index (χ1v) is 9.91. The third-order valence-corrected chi connectivity index (χ3v) is 5.50. The van der Waals surface area contributed by atoms with Crippen LogP contribution in [-0.4, -0.2) is 23.8 Å². The molecule has 32 heavy (non-hydrogen) atoms. The van der Waals surface area contributed by atoms with Crippen LogP contribution in [0.5, 0.6) is 17.2 Å². The minimum Gasteiger partial charge on any atom is -0.497 e. The molecule has 3 aromatic rings. The van der Waals surface area contributed by atoms with Crippen molar-refractivity contribution in [3.05, 3.63) is 93.0 Å². The van der Waals surface area contributed by atoms with Gasteiger partial charge in [0.1, 0.15) is 28.9 Å². The number of ether oxygens (including phenoxy) is 3. The molecule has 0 unspecified atom stereocenters. The van der Waals surface area contributed by atoms with Crippen LogP contribution in [0.25, 0.3) is 0 Å². The van der Waals surface area contributed by atoms with Crippen LogP contribution in [0.2, 0.25) is 0 Å². The lowest BCUT2D eigenvalue weighted by Crippen LogP contribution is -2.33. The summed E-state index contributed by atoms with van der Waals surface area (Å²) in [7, 11) is 3.07. The molecule has 3 heterocycles. The largest absolute Gasteiger partial charge is 0.497 e. The van der Waals surface area contributed by atoms with E-state index in [9.17, 15) is 10.1 Å². The van der Waals surface area contributed by atoms with E-state index in [1.54, 1.807) is 48.3 Å². The lowest BCUT2D eigenvalue weighted by Gasteiger charge is -2.28. The topological polar surface area (TPSA) is 112 Å². The SMILES string of the molecule is COc1ccc(OC)c([C@H]2C(C#N)=C(N)Oc3cc(C)n(Cc4cccnc4)c(=O)c32)c1. The van der Waals surface area contributed by atoms with Crippen molar-refractivity contribution in [3.8, 4) is 23.3 Å². The molecule has 1 aliphatic heterocycles. The van der Waals surface area contributed by atoms with Crippen LogP contribution in [0.15, 0.2) is 65.0 Å². The second-order valence-corrected chi connectivity index (χ2v) is 7.35. The molecule has 0 aliphatic carbocycles. The van der Waals surface area contributed by atoms with Gasteiger partial charge >= 0.3 is 0 Å². The fourth-order valence-corrected chi connectivity index (χ4v) is 3.93. The van der Waals surface area contributed by atoms with E-state index in [0.29, 0.717) is 40.6 Å². The van der Waals surface area contributed by atoms with Crippen LogP contribution in [-0.2, 0) is 6.54 Å². The van der Waals surface area contributed by atoms with Gasteiger partial charge in [0.2, 0.25) is 5.88 Å². The molecule has 8 heteroatoms. The number of benzene rings is 1. The van der Waals surface area contributed by atoms with E-state index in [4.69, 9.17) is 19.9 Å². The molecular weight excluding hydrogens is 408 g/mol. The number of methoxy groups -OCH3 is 2. The first-order chi connectivity index (χ1) is 15.5. The molecule has 0 fully saturated rings. The molecule has 0 bridgehead atoms. The Morgan fingerprint density at radius 2 is 2.06 bits per heavy atom. The van der Waals surface area contributed by atoms with Gasteiger partial charge in [-0.05, 0) is 36.8 Å². The molecular formula is C24H22N4O4. The second kappa shape index (κ2) is 8.47. The van der Waals surface area contributed by atoms with Gasteiger partial charge in [0, 0.05) is 29.7 Å². The van der Waals surface area contributed by atoms with Crippen LogP contribution < -0.4 is 25.5 Å². The quantitative estimate of drug-likeness (QED) is 0.662. The van der Waals surface area contributed by atoms with E-state index in [2.05, 4.69) is 11.1 Å². The number of hydrogen-bond donors (Lipinski definition) is 1. The van der Waals surface area contributed by atoms with Gasteiger partial charge < -0.3 is 24.5 Å². The number of fused-ring (bicyclic) bond motifs is 1. The van der Waals surface area contributed by atoms with Crippen molar-refractivity contribution in [2.45, 2.75) is 19.4 Å².